The van der Waals surface area contributed by atoms with Crippen LogP contribution in [-0.4, -0.2) is 58.8 Å². The molecular formula is C14H21N5O. The highest BCUT2D eigenvalue weighted by Crippen LogP contribution is 2.14. The van der Waals surface area contributed by atoms with Crippen LogP contribution in [0.25, 0.3) is 0 Å². The molecule has 1 aromatic rings. The summed E-state index contributed by atoms with van der Waals surface area (Å²) in [6, 6.07) is 3.96. The van der Waals surface area contributed by atoms with E-state index in [2.05, 4.69) is 25.8 Å². The lowest BCUT2D eigenvalue weighted by Gasteiger charge is -2.26. The molecule has 6 nitrogen and oxygen atoms in total. The van der Waals surface area contributed by atoms with E-state index in [1.165, 1.54) is 0 Å². The van der Waals surface area contributed by atoms with E-state index in [1.54, 1.807) is 6.07 Å². The van der Waals surface area contributed by atoms with Gasteiger partial charge in [0.15, 0.2) is 0 Å². The molecule has 1 aliphatic heterocycles. The number of aliphatic hydroxyl groups excluding tert-OH is 1. The van der Waals surface area contributed by atoms with Crippen molar-refractivity contribution in [1.29, 1.82) is 5.26 Å². The second kappa shape index (κ2) is 6.64. The van der Waals surface area contributed by atoms with E-state index in [0.29, 0.717) is 11.6 Å². The number of aryl methyl sites for hydroxylation is 1. The Balaban J connectivity index is 2.11. The van der Waals surface area contributed by atoms with Gasteiger partial charge < -0.3 is 10.0 Å². The molecule has 0 spiro atoms. The maximum absolute atomic E-state index is 9.25. The summed E-state index contributed by atoms with van der Waals surface area (Å²) in [5.74, 6) is 0.639. The summed E-state index contributed by atoms with van der Waals surface area (Å²) in [6.45, 7) is 7.63. The molecule has 1 unspecified atom stereocenters. The third kappa shape index (κ3) is 3.44. The van der Waals surface area contributed by atoms with Gasteiger partial charge in [0, 0.05) is 37.9 Å². The summed E-state index contributed by atoms with van der Waals surface area (Å²) < 4.78 is 0. The zero-order valence-corrected chi connectivity index (χ0v) is 12.1. The second-order valence-electron chi connectivity index (χ2n) is 5.21. The maximum atomic E-state index is 9.25. The summed E-state index contributed by atoms with van der Waals surface area (Å²) >= 11 is 0. The van der Waals surface area contributed by atoms with E-state index < -0.39 is 0 Å². The predicted octanol–water partition coefficient (Wildman–Crippen LogP) is 0.550. The van der Waals surface area contributed by atoms with Gasteiger partial charge in [0.2, 0.25) is 5.95 Å². The van der Waals surface area contributed by atoms with Gasteiger partial charge in [-0.05, 0) is 26.3 Å². The first-order valence-corrected chi connectivity index (χ1v) is 6.99. The van der Waals surface area contributed by atoms with Gasteiger partial charge in [-0.1, -0.05) is 0 Å². The topological polar surface area (TPSA) is 76.3 Å². The van der Waals surface area contributed by atoms with Crippen molar-refractivity contribution in [2.24, 2.45) is 0 Å². The lowest BCUT2D eigenvalue weighted by molar-refractivity contribution is 0.141. The van der Waals surface area contributed by atoms with Crippen molar-refractivity contribution >= 4 is 5.95 Å². The van der Waals surface area contributed by atoms with Gasteiger partial charge in [0.25, 0.3) is 0 Å². The number of anilines is 1. The average Bonchev–Trinajstić information content (AvgIpc) is 2.71. The molecule has 1 saturated heterocycles. The third-order valence-corrected chi connectivity index (χ3v) is 3.66. The molecule has 2 rings (SSSR count). The van der Waals surface area contributed by atoms with Crippen LogP contribution in [0.15, 0.2) is 6.07 Å². The number of nitriles is 1. The van der Waals surface area contributed by atoms with Gasteiger partial charge in [-0.15, -0.1) is 0 Å². The summed E-state index contributed by atoms with van der Waals surface area (Å²) in [5, 5.41) is 18.2. The van der Waals surface area contributed by atoms with Crippen LogP contribution in [0.1, 0.15) is 24.7 Å². The Morgan fingerprint density at radius 3 is 2.85 bits per heavy atom. The normalized spacial score (nSPS) is 18.4. The summed E-state index contributed by atoms with van der Waals surface area (Å²) in [4.78, 5) is 13.1. The standard InChI is InChI=1S/C14H21N5O/c1-11-8-13(9-15)17-14(16-11)19-5-3-4-18(6-7-19)12(2)10-20/h8,12,20H,3-7,10H2,1-2H3. The number of nitrogens with zero attached hydrogens (tertiary/aromatic N) is 5. The molecule has 0 radical (unpaired) electrons. The van der Waals surface area contributed by atoms with Crippen molar-refractivity contribution in [3.8, 4) is 6.07 Å². The highest BCUT2D eigenvalue weighted by atomic mass is 16.3. The predicted molar refractivity (Wildman–Crippen MR) is 76.4 cm³/mol. The minimum atomic E-state index is 0.180. The van der Waals surface area contributed by atoms with Gasteiger partial charge in [-0.25, -0.2) is 9.97 Å². The first-order chi connectivity index (χ1) is 9.63. The Labute approximate surface area is 119 Å². The summed E-state index contributed by atoms with van der Waals surface area (Å²) in [6.07, 6.45) is 1.00. The Kier molecular flexibility index (Phi) is 4.88. The van der Waals surface area contributed by atoms with E-state index in [9.17, 15) is 5.11 Å². The average molecular weight is 275 g/mol. The van der Waals surface area contributed by atoms with Gasteiger partial charge in [-0.2, -0.15) is 5.26 Å². The number of hydrogen-bond donors (Lipinski definition) is 1. The first kappa shape index (κ1) is 14.7. The van der Waals surface area contributed by atoms with Crippen LogP contribution in [0, 0.1) is 18.3 Å². The molecule has 0 amide bonds. The van der Waals surface area contributed by atoms with Crippen LogP contribution in [0.4, 0.5) is 5.95 Å². The van der Waals surface area contributed by atoms with E-state index in [4.69, 9.17) is 5.26 Å². The van der Waals surface area contributed by atoms with Crippen LogP contribution in [0.5, 0.6) is 0 Å². The molecule has 1 atom stereocenters. The molecule has 6 heteroatoms. The number of aromatic nitrogens is 2. The molecule has 1 aliphatic rings. The van der Waals surface area contributed by atoms with Gasteiger partial charge >= 0.3 is 0 Å². The zero-order chi connectivity index (χ0) is 14.5. The van der Waals surface area contributed by atoms with Crippen molar-refractivity contribution in [2.75, 3.05) is 37.7 Å². The van der Waals surface area contributed by atoms with Gasteiger partial charge in [-0.3, -0.25) is 4.90 Å². The molecule has 0 aromatic carbocycles. The van der Waals surface area contributed by atoms with Crippen molar-refractivity contribution in [3.05, 3.63) is 17.5 Å². The minimum absolute atomic E-state index is 0.180. The van der Waals surface area contributed by atoms with Crippen molar-refractivity contribution in [1.82, 2.24) is 14.9 Å². The lowest BCUT2D eigenvalue weighted by atomic mass is 10.3. The Hall–Kier alpha value is -1.71. The van der Waals surface area contributed by atoms with Crippen molar-refractivity contribution in [3.63, 3.8) is 0 Å². The van der Waals surface area contributed by atoms with Gasteiger partial charge in [0.1, 0.15) is 11.8 Å². The molecule has 0 aliphatic carbocycles. The van der Waals surface area contributed by atoms with Crippen LogP contribution >= 0.6 is 0 Å². The fourth-order valence-electron chi connectivity index (χ4n) is 2.45. The highest BCUT2D eigenvalue weighted by Gasteiger charge is 2.20. The van der Waals surface area contributed by atoms with E-state index in [1.807, 2.05) is 13.8 Å². The second-order valence-corrected chi connectivity index (χ2v) is 5.21. The maximum Gasteiger partial charge on any atom is 0.226 e. The molecule has 2 heterocycles. The summed E-state index contributed by atoms with van der Waals surface area (Å²) in [7, 11) is 0. The minimum Gasteiger partial charge on any atom is -0.395 e. The molecule has 1 fully saturated rings. The smallest absolute Gasteiger partial charge is 0.226 e. The molecule has 20 heavy (non-hydrogen) atoms. The largest absolute Gasteiger partial charge is 0.395 e. The SMILES string of the molecule is Cc1cc(C#N)nc(N2CCCN(C(C)CO)CC2)n1. The summed E-state index contributed by atoms with van der Waals surface area (Å²) in [5.41, 5.74) is 1.23. The number of hydrogen-bond acceptors (Lipinski definition) is 6. The van der Waals surface area contributed by atoms with Crippen molar-refractivity contribution in [2.45, 2.75) is 26.3 Å². The van der Waals surface area contributed by atoms with Crippen molar-refractivity contribution < 1.29 is 5.11 Å². The quantitative estimate of drug-likeness (QED) is 0.868. The highest BCUT2D eigenvalue weighted by molar-refractivity contribution is 5.36. The fraction of sp³-hybridized carbons (Fsp3) is 0.643. The number of rotatable bonds is 3. The fourth-order valence-corrected chi connectivity index (χ4v) is 2.45. The Bertz CT molecular complexity index is 499. The van der Waals surface area contributed by atoms with Crippen LogP contribution in [0.3, 0.4) is 0 Å². The molecule has 0 bridgehead atoms. The van der Waals surface area contributed by atoms with Crippen LogP contribution in [-0.2, 0) is 0 Å². The van der Waals surface area contributed by atoms with Crippen LogP contribution < -0.4 is 4.90 Å². The molecule has 108 valence electrons. The van der Waals surface area contributed by atoms with E-state index in [0.717, 1.165) is 38.3 Å². The monoisotopic (exact) mass is 275 g/mol. The Morgan fingerprint density at radius 2 is 2.15 bits per heavy atom. The molecular weight excluding hydrogens is 254 g/mol. The van der Waals surface area contributed by atoms with Crippen LogP contribution in [0.2, 0.25) is 0 Å². The van der Waals surface area contributed by atoms with E-state index >= 15 is 0 Å². The van der Waals surface area contributed by atoms with Gasteiger partial charge in [0.05, 0.1) is 6.61 Å². The lowest BCUT2D eigenvalue weighted by Crippen LogP contribution is -2.38. The van der Waals surface area contributed by atoms with E-state index in [-0.39, 0.29) is 12.6 Å². The first-order valence-electron chi connectivity index (χ1n) is 6.99. The molecule has 1 aromatic heterocycles. The molecule has 0 saturated carbocycles. The third-order valence-electron chi connectivity index (χ3n) is 3.66. The number of aliphatic hydroxyl groups is 1. The molecule has 1 N–H and O–H groups in total. The Morgan fingerprint density at radius 1 is 1.35 bits per heavy atom. The zero-order valence-electron chi connectivity index (χ0n) is 12.1.